The number of carbonyl (C=O) groups is 1. The molecule has 0 unspecified atom stereocenters. The SMILES string of the molecule is Cc1nn(C)c(C)c1C(=O)N(CCCN)C(C)C. The molecule has 18 heavy (non-hydrogen) atoms. The van der Waals surface area contributed by atoms with E-state index in [0.717, 1.165) is 23.4 Å². The van der Waals surface area contributed by atoms with E-state index in [1.165, 1.54) is 0 Å². The number of nitrogens with two attached hydrogens (primary N) is 1. The second kappa shape index (κ2) is 6.00. The summed E-state index contributed by atoms with van der Waals surface area (Å²) in [6.45, 7) is 9.14. The fourth-order valence-corrected chi connectivity index (χ4v) is 2.08. The van der Waals surface area contributed by atoms with Crippen LogP contribution in [0.1, 0.15) is 42.0 Å². The maximum atomic E-state index is 12.6. The molecule has 0 bridgehead atoms. The molecule has 0 atom stereocenters. The Morgan fingerprint density at radius 1 is 1.44 bits per heavy atom. The van der Waals surface area contributed by atoms with Crippen molar-refractivity contribution in [2.24, 2.45) is 12.8 Å². The summed E-state index contributed by atoms with van der Waals surface area (Å²) in [6.07, 6.45) is 0.822. The fourth-order valence-electron chi connectivity index (χ4n) is 2.08. The highest BCUT2D eigenvalue weighted by atomic mass is 16.2. The Morgan fingerprint density at radius 2 is 2.06 bits per heavy atom. The molecule has 102 valence electrons. The molecule has 0 aromatic carbocycles. The molecule has 0 saturated carbocycles. The third-order valence-electron chi connectivity index (χ3n) is 3.21. The molecule has 1 heterocycles. The summed E-state index contributed by atoms with van der Waals surface area (Å²) >= 11 is 0. The van der Waals surface area contributed by atoms with Gasteiger partial charge in [-0.15, -0.1) is 0 Å². The average Bonchev–Trinajstić information content (AvgIpc) is 2.53. The minimum absolute atomic E-state index is 0.0570. The maximum absolute atomic E-state index is 12.6. The van der Waals surface area contributed by atoms with Gasteiger partial charge in [0.25, 0.3) is 5.91 Å². The van der Waals surface area contributed by atoms with Crippen LogP contribution < -0.4 is 5.73 Å². The number of amides is 1. The highest BCUT2D eigenvalue weighted by Gasteiger charge is 2.24. The lowest BCUT2D eigenvalue weighted by atomic mass is 10.1. The molecule has 0 aliphatic rings. The summed E-state index contributed by atoms with van der Waals surface area (Å²) in [5.74, 6) is 0.0570. The minimum atomic E-state index is 0.0570. The largest absolute Gasteiger partial charge is 0.336 e. The maximum Gasteiger partial charge on any atom is 0.257 e. The van der Waals surface area contributed by atoms with Crippen LogP contribution in [0.2, 0.25) is 0 Å². The third kappa shape index (κ3) is 2.90. The lowest BCUT2D eigenvalue weighted by Crippen LogP contribution is -2.38. The number of nitrogens with zero attached hydrogens (tertiary/aromatic N) is 3. The molecule has 0 saturated heterocycles. The number of aryl methyl sites for hydroxylation is 2. The topological polar surface area (TPSA) is 64.2 Å². The molecule has 2 N–H and O–H groups in total. The quantitative estimate of drug-likeness (QED) is 0.857. The van der Waals surface area contributed by atoms with E-state index in [1.54, 1.807) is 4.68 Å². The van der Waals surface area contributed by atoms with Gasteiger partial charge in [-0.3, -0.25) is 9.48 Å². The van der Waals surface area contributed by atoms with Crippen LogP contribution in [0.5, 0.6) is 0 Å². The van der Waals surface area contributed by atoms with Crippen molar-refractivity contribution >= 4 is 5.91 Å². The van der Waals surface area contributed by atoms with Gasteiger partial charge in [0.2, 0.25) is 0 Å². The Morgan fingerprint density at radius 3 is 2.44 bits per heavy atom. The van der Waals surface area contributed by atoms with E-state index < -0.39 is 0 Å². The number of hydrogen-bond acceptors (Lipinski definition) is 3. The van der Waals surface area contributed by atoms with Gasteiger partial charge in [0.15, 0.2) is 0 Å². The molecule has 1 rings (SSSR count). The predicted molar refractivity (Wildman–Crippen MR) is 72.5 cm³/mol. The van der Waals surface area contributed by atoms with E-state index in [-0.39, 0.29) is 11.9 Å². The Bertz CT molecular complexity index is 423. The standard InChI is InChI=1S/C13H24N4O/c1-9(2)17(8-6-7-14)13(18)12-10(3)15-16(5)11(12)4/h9H,6-8,14H2,1-5H3. The number of aromatic nitrogens is 2. The van der Waals surface area contributed by atoms with Crippen molar-refractivity contribution in [3.63, 3.8) is 0 Å². The molecule has 0 aliphatic heterocycles. The predicted octanol–water partition coefficient (Wildman–Crippen LogP) is 1.24. The highest BCUT2D eigenvalue weighted by molar-refractivity contribution is 5.96. The second-order valence-electron chi connectivity index (χ2n) is 4.90. The number of hydrogen-bond donors (Lipinski definition) is 1. The summed E-state index contributed by atoms with van der Waals surface area (Å²) in [4.78, 5) is 14.4. The molecule has 0 spiro atoms. The van der Waals surface area contributed by atoms with Crippen molar-refractivity contribution in [3.05, 3.63) is 17.0 Å². The normalized spacial score (nSPS) is 11.1. The monoisotopic (exact) mass is 252 g/mol. The zero-order valence-electron chi connectivity index (χ0n) is 12.0. The zero-order chi connectivity index (χ0) is 13.9. The molecule has 0 fully saturated rings. The average molecular weight is 252 g/mol. The van der Waals surface area contributed by atoms with Gasteiger partial charge in [-0.2, -0.15) is 5.10 Å². The third-order valence-corrected chi connectivity index (χ3v) is 3.21. The first-order valence-electron chi connectivity index (χ1n) is 6.41. The van der Waals surface area contributed by atoms with Gasteiger partial charge in [0.05, 0.1) is 11.3 Å². The van der Waals surface area contributed by atoms with Gasteiger partial charge in [-0.1, -0.05) is 0 Å². The van der Waals surface area contributed by atoms with Crippen LogP contribution in [0.3, 0.4) is 0 Å². The van der Waals surface area contributed by atoms with Gasteiger partial charge in [-0.25, -0.2) is 0 Å². The van der Waals surface area contributed by atoms with Gasteiger partial charge in [-0.05, 0) is 40.7 Å². The van der Waals surface area contributed by atoms with Crippen LogP contribution in [-0.2, 0) is 7.05 Å². The van der Waals surface area contributed by atoms with Crippen molar-refractivity contribution < 1.29 is 4.79 Å². The van der Waals surface area contributed by atoms with E-state index in [4.69, 9.17) is 5.73 Å². The van der Waals surface area contributed by atoms with Crippen LogP contribution in [0.25, 0.3) is 0 Å². The molecule has 0 aliphatic carbocycles. The van der Waals surface area contributed by atoms with Crippen molar-refractivity contribution in [2.75, 3.05) is 13.1 Å². The van der Waals surface area contributed by atoms with Crippen LogP contribution in [0.4, 0.5) is 0 Å². The Labute approximate surface area is 109 Å². The smallest absolute Gasteiger partial charge is 0.257 e. The first-order valence-corrected chi connectivity index (χ1v) is 6.41. The van der Waals surface area contributed by atoms with Crippen LogP contribution in [0.15, 0.2) is 0 Å². The van der Waals surface area contributed by atoms with Crippen molar-refractivity contribution in [3.8, 4) is 0 Å². The minimum Gasteiger partial charge on any atom is -0.336 e. The molecule has 5 heteroatoms. The van der Waals surface area contributed by atoms with Crippen LogP contribution >= 0.6 is 0 Å². The van der Waals surface area contributed by atoms with Crippen molar-refractivity contribution in [1.82, 2.24) is 14.7 Å². The molecule has 0 radical (unpaired) electrons. The summed E-state index contributed by atoms with van der Waals surface area (Å²) in [5.41, 5.74) is 7.95. The molecule has 1 amide bonds. The van der Waals surface area contributed by atoms with Gasteiger partial charge < -0.3 is 10.6 Å². The fraction of sp³-hybridized carbons (Fsp3) is 0.692. The lowest BCUT2D eigenvalue weighted by molar-refractivity contribution is 0.0703. The zero-order valence-corrected chi connectivity index (χ0v) is 12.0. The number of carbonyl (C=O) groups excluding carboxylic acids is 1. The van der Waals surface area contributed by atoms with E-state index in [1.807, 2.05) is 39.6 Å². The molecule has 5 nitrogen and oxygen atoms in total. The summed E-state index contributed by atoms with van der Waals surface area (Å²) in [5, 5.41) is 4.30. The van der Waals surface area contributed by atoms with Crippen molar-refractivity contribution in [2.45, 2.75) is 40.2 Å². The van der Waals surface area contributed by atoms with E-state index in [0.29, 0.717) is 13.1 Å². The molecular formula is C13H24N4O. The molecule has 1 aromatic heterocycles. The highest BCUT2D eigenvalue weighted by Crippen LogP contribution is 2.16. The van der Waals surface area contributed by atoms with E-state index in [2.05, 4.69) is 5.10 Å². The summed E-state index contributed by atoms with van der Waals surface area (Å²) < 4.78 is 1.75. The van der Waals surface area contributed by atoms with Crippen LogP contribution in [0, 0.1) is 13.8 Å². The Hall–Kier alpha value is -1.36. The Balaban J connectivity index is 3.02. The second-order valence-corrected chi connectivity index (χ2v) is 4.90. The van der Waals surface area contributed by atoms with Gasteiger partial charge in [0, 0.05) is 25.3 Å². The molecule has 1 aromatic rings. The first kappa shape index (κ1) is 14.7. The Kier molecular flexibility index (Phi) is 4.90. The van der Waals surface area contributed by atoms with Crippen LogP contribution in [-0.4, -0.2) is 39.7 Å². The number of rotatable bonds is 5. The van der Waals surface area contributed by atoms with Crippen molar-refractivity contribution in [1.29, 1.82) is 0 Å². The summed E-state index contributed by atoms with van der Waals surface area (Å²) in [7, 11) is 1.86. The van der Waals surface area contributed by atoms with Gasteiger partial charge in [0.1, 0.15) is 0 Å². The van der Waals surface area contributed by atoms with Gasteiger partial charge >= 0.3 is 0 Å². The first-order chi connectivity index (χ1) is 8.40. The lowest BCUT2D eigenvalue weighted by Gasteiger charge is -2.26. The van der Waals surface area contributed by atoms with E-state index >= 15 is 0 Å². The molecular weight excluding hydrogens is 228 g/mol. The van der Waals surface area contributed by atoms with E-state index in [9.17, 15) is 4.79 Å². The summed E-state index contributed by atoms with van der Waals surface area (Å²) in [6, 6.07) is 0.169.